The molecule has 1 atom stereocenters. The molecule has 2 rings (SSSR count). The van der Waals surface area contributed by atoms with Crippen molar-refractivity contribution in [3.8, 4) is 0 Å². The molecule has 0 bridgehead atoms. The Hall–Kier alpha value is -2.52. The number of carbonyl (C=O) groups excluding carboxylic acids is 3. The van der Waals surface area contributed by atoms with Crippen LogP contribution in [0.15, 0.2) is 29.2 Å². The second-order valence-electron chi connectivity index (χ2n) is 9.21. The average molecular weight is 569 g/mol. The van der Waals surface area contributed by atoms with E-state index in [4.69, 9.17) is 4.74 Å². The van der Waals surface area contributed by atoms with E-state index in [2.05, 4.69) is 10.0 Å². The molecule has 1 fully saturated rings. The third-order valence-corrected chi connectivity index (χ3v) is 7.35. The fraction of sp³-hybridized carbons (Fsp3) is 0.591. The van der Waals surface area contributed by atoms with E-state index in [0.717, 1.165) is 17.9 Å². The molecule has 0 radical (unpaired) electrons. The van der Waals surface area contributed by atoms with Crippen LogP contribution < -0.4 is 15.4 Å². The Kier molecular flexibility index (Phi) is 10.6. The van der Waals surface area contributed by atoms with Crippen molar-refractivity contribution < 1.29 is 40.7 Å². The second kappa shape index (κ2) is 12.8. The highest BCUT2D eigenvalue weighted by Gasteiger charge is 2.38. The van der Waals surface area contributed by atoms with Crippen molar-refractivity contribution >= 4 is 45.4 Å². The van der Waals surface area contributed by atoms with Gasteiger partial charge in [0.25, 0.3) is 0 Å². The lowest BCUT2D eigenvalue weighted by atomic mass is 10.1. The Bertz CT molecular complexity index is 1070. The maximum absolute atomic E-state index is 12.9. The molecular weight excluding hydrogens is 537 g/mol. The molecule has 208 valence electrons. The topological polar surface area (TPSA) is 134 Å². The van der Waals surface area contributed by atoms with Crippen LogP contribution in [0.2, 0.25) is 0 Å². The Labute approximate surface area is 218 Å². The molecule has 0 aliphatic carbocycles. The van der Waals surface area contributed by atoms with Gasteiger partial charge in [0.1, 0.15) is 11.6 Å². The molecule has 1 saturated heterocycles. The normalized spacial score (nSPS) is 15.2. The van der Waals surface area contributed by atoms with Gasteiger partial charge in [-0.2, -0.15) is 13.2 Å². The lowest BCUT2D eigenvalue weighted by molar-refractivity contribution is -0.167. The lowest BCUT2D eigenvalue weighted by Crippen LogP contribution is -2.49. The van der Waals surface area contributed by atoms with E-state index in [1.165, 1.54) is 12.1 Å². The molecule has 1 aliphatic heterocycles. The predicted molar refractivity (Wildman–Crippen MR) is 132 cm³/mol. The highest BCUT2D eigenvalue weighted by molar-refractivity contribution is 7.99. The third-order valence-electron chi connectivity index (χ3n) is 4.92. The summed E-state index contributed by atoms with van der Waals surface area (Å²) in [6.45, 7) is 5.65. The number of rotatable bonds is 10. The van der Waals surface area contributed by atoms with Gasteiger partial charge in [0.05, 0.1) is 10.8 Å². The second-order valence-corrected chi connectivity index (χ2v) is 12.1. The number of alkyl halides is 3. The number of hydrogen-bond donors (Lipinski definition) is 3. The van der Waals surface area contributed by atoms with E-state index in [9.17, 15) is 36.0 Å². The number of halogens is 3. The zero-order valence-electron chi connectivity index (χ0n) is 20.7. The minimum absolute atomic E-state index is 0.0195. The molecule has 1 aromatic carbocycles. The molecule has 0 spiro atoms. The largest absolute Gasteiger partial charge is 0.471 e. The summed E-state index contributed by atoms with van der Waals surface area (Å²) in [5.41, 5.74) is -1.06. The number of nitrogens with zero attached hydrogens (tertiary/aromatic N) is 1. The van der Waals surface area contributed by atoms with Gasteiger partial charge < -0.3 is 20.3 Å². The van der Waals surface area contributed by atoms with Crippen LogP contribution >= 0.6 is 11.8 Å². The third kappa shape index (κ3) is 10.4. The molecule has 0 saturated carbocycles. The molecule has 1 heterocycles. The number of thioether (sulfide) groups is 1. The first-order chi connectivity index (χ1) is 17.1. The molecular formula is C22H31F3N4O6S2. The number of alkyl carbamates (subject to hydrolysis) is 1. The fourth-order valence-electron chi connectivity index (χ4n) is 3.22. The summed E-state index contributed by atoms with van der Waals surface area (Å²) < 4.78 is 70.0. The van der Waals surface area contributed by atoms with Crippen LogP contribution in [0.5, 0.6) is 0 Å². The fourth-order valence-corrected chi connectivity index (χ4v) is 5.30. The average Bonchev–Trinajstić information content (AvgIpc) is 3.31. The number of anilines is 1. The standard InChI is InChI=1S/C22H31F3N4O6S2/c1-21(2,3)35-20(32)28-17(18(30)29-11-12-36-14-29)9-4-5-10-26-37(33,34)16-8-6-7-15(13-16)27-19(31)22(23,24)25/h6-8,13,17,26H,4-5,9-12,14H2,1-3H3,(H,27,31)(H,28,32)/t17-/m0/s1. The number of benzene rings is 1. The molecule has 0 aromatic heterocycles. The summed E-state index contributed by atoms with van der Waals surface area (Å²) in [5.74, 6) is -1.14. The van der Waals surface area contributed by atoms with Crippen molar-refractivity contribution in [1.82, 2.24) is 14.9 Å². The van der Waals surface area contributed by atoms with Gasteiger partial charge in [-0.25, -0.2) is 17.9 Å². The summed E-state index contributed by atoms with van der Waals surface area (Å²) in [6, 6.07) is 3.60. The molecule has 37 heavy (non-hydrogen) atoms. The van der Waals surface area contributed by atoms with Gasteiger partial charge in [0.15, 0.2) is 0 Å². The van der Waals surface area contributed by atoms with Crippen LogP contribution in [0.25, 0.3) is 0 Å². The van der Waals surface area contributed by atoms with E-state index in [0.29, 0.717) is 25.3 Å². The Morgan fingerprint density at radius 1 is 1.16 bits per heavy atom. The van der Waals surface area contributed by atoms with Crippen LogP contribution in [0.3, 0.4) is 0 Å². The minimum atomic E-state index is -5.11. The number of nitrogens with one attached hydrogen (secondary N) is 3. The summed E-state index contributed by atoms with van der Waals surface area (Å²) in [5, 5.41) is 4.21. The minimum Gasteiger partial charge on any atom is -0.444 e. The first-order valence-corrected chi connectivity index (χ1v) is 14.1. The molecule has 1 aliphatic rings. The number of sulfonamides is 1. The molecule has 1 aromatic rings. The van der Waals surface area contributed by atoms with Gasteiger partial charge in [-0.3, -0.25) is 9.59 Å². The number of amides is 3. The van der Waals surface area contributed by atoms with Crippen LogP contribution in [0.4, 0.5) is 23.7 Å². The van der Waals surface area contributed by atoms with Gasteiger partial charge >= 0.3 is 18.2 Å². The zero-order valence-corrected chi connectivity index (χ0v) is 22.3. The SMILES string of the molecule is CC(C)(C)OC(=O)N[C@@H](CCCCNS(=O)(=O)c1cccc(NC(=O)C(F)(F)F)c1)C(=O)N1CCSC1. The quantitative estimate of drug-likeness (QED) is 0.370. The number of carbonyl (C=O) groups is 3. The van der Waals surface area contributed by atoms with E-state index < -0.39 is 39.8 Å². The van der Waals surface area contributed by atoms with Crippen molar-refractivity contribution in [2.24, 2.45) is 0 Å². The maximum atomic E-state index is 12.9. The molecule has 3 N–H and O–H groups in total. The summed E-state index contributed by atoms with van der Waals surface area (Å²) >= 11 is 1.60. The van der Waals surface area contributed by atoms with Crippen LogP contribution in [0.1, 0.15) is 40.0 Å². The highest BCUT2D eigenvalue weighted by atomic mass is 32.2. The molecule has 3 amide bonds. The number of ether oxygens (including phenoxy) is 1. The van der Waals surface area contributed by atoms with Crippen LogP contribution in [-0.4, -0.2) is 73.8 Å². The van der Waals surface area contributed by atoms with Crippen molar-refractivity contribution in [1.29, 1.82) is 0 Å². The van der Waals surface area contributed by atoms with Crippen LogP contribution in [0, 0.1) is 0 Å². The molecule has 15 heteroatoms. The van der Waals surface area contributed by atoms with Gasteiger partial charge in [0, 0.05) is 24.5 Å². The van der Waals surface area contributed by atoms with Crippen molar-refractivity contribution in [3.63, 3.8) is 0 Å². The first-order valence-electron chi connectivity index (χ1n) is 11.4. The van der Waals surface area contributed by atoms with E-state index >= 15 is 0 Å². The smallest absolute Gasteiger partial charge is 0.444 e. The zero-order chi connectivity index (χ0) is 27.9. The summed E-state index contributed by atoms with van der Waals surface area (Å²) in [7, 11) is -4.07. The number of unbranched alkanes of at least 4 members (excludes halogenated alkanes) is 1. The monoisotopic (exact) mass is 568 g/mol. The van der Waals surface area contributed by atoms with Crippen molar-refractivity contribution in [3.05, 3.63) is 24.3 Å². The van der Waals surface area contributed by atoms with E-state index in [-0.39, 0.29) is 29.5 Å². The first kappa shape index (κ1) is 30.7. The summed E-state index contributed by atoms with van der Waals surface area (Å²) in [6.07, 6.45) is -4.88. The van der Waals surface area contributed by atoms with Crippen molar-refractivity contribution in [2.45, 2.75) is 62.7 Å². The Morgan fingerprint density at radius 2 is 1.86 bits per heavy atom. The highest BCUT2D eigenvalue weighted by Crippen LogP contribution is 2.21. The van der Waals surface area contributed by atoms with E-state index in [1.54, 1.807) is 42.7 Å². The maximum Gasteiger partial charge on any atom is 0.471 e. The predicted octanol–water partition coefficient (Wildman–Crippen LogP) is 3.06. The Balaban J connectivity index is 1.92. The van der Waals surface area contributed by atoms with Crippen LogP contribution in [-0.2, 0) is 24.3 Å². The Morgan fingerprint density at radius 3 is 2.46 bits per heavy atom. The van der Waals surface area contributed by atoms with Gasteiger partial charge in [-0.05, 0) is 58.2 Å². The molecule has 0 unspecified atom stereocenters. The van der Waals surface area contributed by atoms with E-state index in [1.807, 2.05) is 0 Å². The summed E-state index contributed by atoms with van der Waals surface area (Å²) in [4.78, 5) is 37.5. The number of hydrogen-bond acceptors (Lipinski definition) is 7. The molecule has 10 nitrogen and oxygen atoms in total. The van der Waals surface area contributed by atoms with Gasteiger partial charge in [0.2, 0.25) is 15.9 Å². The van der Waals surface area contributed by atoms with Gasteiger partial charge in [-0.15, -0.1) is 11.8 Å². The van der Waals surface area contributed by atoms with Gasteiger partial charge in [-0.1, -0.05) is 6.07 Å². The lowest BCUT2D eigenvalue weighted by Gasteiger charge is -2.26. The van der Waals surface area contributed by atoms with Crippen molar-refractivity contribution in [2.75, 3.05) is 30.0 Å².